The molecule has 2 aliphatic rings. The van der Waals surface area contributed by atoms with E-state index in [1.165, 1.54) is 51.4 Å². The van der Waals surface area contributed by atoms with Gasteiger partial charge in [-0.2, -0.15) is 0 Å². The minimum atomic E-state index is 0.291. The van der Waals surface area contributed by atoms with Crippen molar-refractivity contribution in [1.82, 2.24) is 0 Å². The van der Waals surface area contributed by atoms with Gasteiger partial charge >= 0.3 is 0 Å². The van der Waals surface area contributed by atoms with Gasteiger partial charge in [0.1, 0.15) is 36.2 Å². The van der Waals surface area contributed by atoms with E-state index in [-0.39, 0.29) is 0 Å². The summed E-state index contributed by atoms with van der Waals surface area (Å²) < 4.78 is 13.3. The molecule has 0 saturated heterocycles. The van der Waals surface area contributed by atoms with Crippen LogP contribution in [0.25, 0.3) is 0 Å². The maximum absolute atomic E-state index is 11.6. The number of ether oxygens (including phenoxy) is 2. The molecule has 270 valence electrons. The lowest BCUT2D eigenvalue weighted by atomic mass is 9.67. The van der Waals surface area contributed by atoms with Crippen LogP contribution >= 0.6 is 0 Å². The van der Waals surface area contributed by atoms with Crippen LogP contribution in [-0.2, 0) is 12.8 Å². The van der Waals surface area contributed by atoms with Crippen molar-refractivity contribution in [2.24, 2.45) is 35.5 Å². The summed E-state index contributed by atoms with van der Waals surface area (Å²) >= 11 is 0. The molecule has 0 amide bonds. The van der Waals surface area contributed by atoms with E-state index in [4.69, 9.17) is 9.47 Å². The van der Waals surface area contributed by atoms with Crippen LogP contribution in [0.3, 0.4) is 0 Å². The van der Waals surface area contributed by atoms with E-state index >= 15 is 0 Å². The zero-order valence-corrected chi connectivity index (χ0v) is 32.0. The van der Waals surface area contributed by atoms with Gasteiger partial charge in [-0.25, -0.2) is 0 Å². The molecule has 2 aliphatic carbocycles. The van der Waals surface area contributed by atoms with Gasteiger partial charge in [0.15, 0.2) is 0 Å². The quantitative estimate of drug-likeness (QED) is 0.166. The lowest BCUT2D eigenvalue weighted by Gasteiger charge is -2.39. The first-order chi connectivity index (χ1) is 23.0. The lowest BCUT2D eigenvalue weighted by Crippen LogP contribution is -2.27. The van der Waals surface area contributed by atoms with E-state index in [2.05, 4.69) is 67.5 Å². The summed E-state index contributed by atoms with van der Waals surface area (Å²) in [5, 5.41) is 23.2. The molecule has 0 unspecified atom stereocenters. The van der Waals surface area contributed by atoms with Crippen LogP contribution in [0.1, 0.15) is 167 Å². The summed E-state index contributed by atoms with van der Waals surface area (Å²) in [6, 6.07) is 8.45. The van der Waals surface area contributed by atoms with Gasteiger partial charge in [-0.3, -0.25) is 0 Å². The number of hydrogen-bond donors (Lipinski definition) is 2. The second-order valence-electron chi connectivity index (χ2n) is 16.5. The van der Waals surface area contributed by atoms with Crippen molar-refractivity contribution in [3.63, 3.8) is 0 Å². The predicted octanol–water partition coefficient (Wildman–Crippen LogP) is 12.4. The van der Waals surface area contributed by atoms with Crippen molar-refractivity contribution in [2.45, 2.75) is 157 Å². The highest BCUT2D eigenvalue weighted by Crippen LogP contribution is 2.51. The van der Waals surface area contributed by atoms with Crippen LogP contribution in [0.5, 0.6) is 23.0 Å². The molecule has 4 heteroatoms. The third-order valence-corrected chi connectivity index (χ3v) is 11.9. The molecule has 2 N–H and O–H groups in total. The first kappa shape index (κ1) is 38.4. The van der Waals surface area contributed by atoms with Crippen molar-refractivity contribution in [1.29, 1.82) is 0 Å². The standard InChI is InChI=1S/C44H70O4/c1-9-11-13-15-33-25-39(45)43(37-23-31(7)17-19-35(37)29(3)4)41(27-33)47-21-22-48-42-28-34(16-14-12-10-2)26-40(46)44(42)38-24-32(8)18-20-36(38)30(5)6/h25-32,35-38,45-46H,9-24H2,1-8H3/t31-,32-,35-,36-,37+,38+/m0/s1. The number of aryl methyl sites for hydroxylation is 2. The molecule has 4 nitrogen and oxygen atoms in total. The molecular weight excluding hydrogens is 592 g/mol. The Labute approximate surface area is 294 Å². The van der Waals surface area contributed by atoms with E-state index in [0.717, 1.165) is 72.3 Å². The summed E-state index contributed by atoms with van der Waals surface area (Å²) in [6.45, 7) is 19.3. The molecule has 48 heavy (non-hydrogen) atoms. The number of phenolic OH excluding ortho intramolecular Hbond substituents is 2. The normalized spacial score (nSPS) is 24.7. The average molecular weight is 663 g/mol. The highest BCUT2D eigenvalue weighted by atomic mass is 16.5. The zero-order chi connectivity index (χ0) is 34.8. The van der Waals surface area contributed by atoms with Gasteiger partial charge < -0.3 is 19.7 Å². The zero-order valence-electron chi connectivity index (χ0n) is 32.0. The average Bonchev–Trinajstić information content (AvgIpc) is 3.02. The van der Waals surface area contributed by atoms with Gasteiger partial charge in [-0.1, -0.05) is 93.9 Å². The van der Waals surface area contributed by atoms with E-state index in [1.54, 1.807) is 0 Å². The fraction of sp³-hybridized carbons (Fsp3) is 0.727. The number of hydrogen-bond acceptors (Lipinski definition) is 4. The first-order valence-electron chi connectivity index (χ1n) is 20.0. The Morgan fingerprint density at radius 3 is 1.35 bits per heavy atom. The van der Waals surface area contributed by atoms with Gasteiger partial charge in [0, 0.05) is 11.1 Å². The molecular formula is C44H70O4. The fourth-order valence-electron chi connectivity index (χ4n) is 9.14. The number of benzene rings is 2. The van der Waals surface area contributed by atoms with E-state index in [1.807, 2.05) is 12.1 Å². The van der Waals surface area contributed by atoms with E-state index in [0.29, 0.717) is 72.1 Å². The van der Waals surface area contributed by atoms with Crippen LogP contribution in [-0.4, -0.2) is 23.4 Å². The molecule has 4 rings (SSSR count). The van der Waals surface area contributed by atoms with Gasteiger partial charge in [-0.15, -0.1) is 0 Å². The van der Waals surface area contributed by atoms with Crippen LogP contribution < -0.4 is 9.47 Å². The largest absolute Gasteiger partial charge is 0.508 e. The second kappa shape index (κ2) is 18.6. The molecule has 0 aromatic heterocycles. The van der Waals surface area contributed by atoms with Crippen molar-refractivity contribution in [3.05, 3.63) is 46.5 Å². The third-order valence-electron chi connectivity index (χ3n) is 11.9. The van der Waals surface area contributed by atoms with Crippen molar-refractivity contribution < 1.29 is 19.7 Å². The third kappa shape index (κ3) is 10.1. The molecule has 2 fully saturated rings. The Hall–Kier alpha value is -2.36. The summed E-state index contributed by atoms with van der Waals surface area (Å²) in [7, 11) is 0. The van der Waals surface area contributed by atoms with E-state index in [9.17, 15) is 10.2 Å². The topological polar surface area (TPSA) is 58.9 Å². The molecule has 6 atom stereocenters. The summed E-state index contributed by atoms with van der Waals surface area (Å²) in [5.41, 5.74) is 4.32. The SMILES string of the molecule is CCCCCc1cc(O)c([C@@H]2C[C@@H](C)CC[C@H]2C(C)C)c(OCCOc2cc(CCCCC)cc(O)c2[C@@H]2C[C@@H](C)CC[C@H]2C(C)C)c1. The number of phenols is 2. The minimum Gasteiger partial charge on any atom is -0.508 e. The monoisotopic (exact) mass is 663 g/mol. The maximum atomic E-state index is 11.6. The van der Waals surface area contributed by atoms with E-state index < -0.39 is 0 Å². The number of aromatic hydroxyl groups is 2. The molecule has 0 radical (unpaired) electrons. The van der Waals surface area contributed by atoms with Crippen LogP contribution in [0.4, 0.5) is 0 Å². The molecule has 0 heterocycles. The lowest BCUT2D eigenvalue weighted by molar-refractivity contribution is 0.176. The highest BCUT2D eigenvalue weighted by Gasteiger charge is 2.37. The Morgan fingerprint density at radius 2 is 1.00 bits per heavy atom. The van der Waals surface area contributed by atoms with Crippen molar-refractivity contribution in [3.8, 4) is 23.0 Å². The minimum absolute atomic E-state index is 0.291. The number of rotatable bonds is 17. The Balaban J connectivity index is 1.61. The maximum Gasteiger partial charge on any atom is 0.126 e. The van der Waals surface area contributed by atoms with Gasteiger partial charge in [-0.05, 0) is 134 Å². The molecule has 2 aromatic rings. The Kier molecular flexibility index (Phi) is 14.9. The van der Waals surface area contributed by atoms with Gasteiger partial charge in [0.2, 0.25) is 0 Å². The van der Waals surface area contributed by atoms with Crippen LogP contribution in [0.15, 0.2) is 24.3 Å². The smallest absolute Gasteiger partial charge is 0.126 e. The van der Waals surface area contributed by atoms with Gasteiger partial charge in [0.25, 0.3) is 0 Å². The fourth-order valence-corrected chi connectivity index (χ4v) is 9.14. The summed E-state index contributed by atoms with van der Waals surface area (Å²) in [6.07, 6.45) is 15.9. The second-order valence-corrected chi connectivity index (χ2v) is 16.5. The number of unbranched alkanes of at least 4 members (excludes halogenated alkanes) is 4. The molecule has 2 saturated carbocycles. The predicted molar refractivity (Wildman–Crippen MR) is 202 cm³/mol. The molecule has 0 spiro atoms. The summed E-state index contributed by atoms with van der Waals surface area (Å²) in [5.74, 6) is 6.51. The molecule has 0 aliphatic heterocycles. The first-order valence-corrected chi connectivity index (χ1v) is 20.0. The van der Waals surface area contributed by atoms with Crippen molar-refractivity contribution in [2.75, 3.05) is 13.2 Å². The van der Waals surface area contributed by atoms with Crippen molar-refractivity contribution >= 4 is 0 Å². The Bertz CT molecular complexity index is 1170. The molecule has 0 bridgehead atoms. The molecule has 2 aromatic carbocycles. The highest BCUT2D eigenvalue weighted by molar-refractivity contribution is 5.51. The van der Waals surface area contributed by atoms with Crippen LogP contribution in [0.2, 0.25) is 0 Å². The van der Waals surface area contributed by atoms with Gasteiger partial charge in [0.05, 0.1) is 0 Å². The van der Waals surface area contributed by atoms with Crippen LogP contribution in [0, 0.1) is 35.5 Å². The summed E-state index contributed by atoms with van der Waals surface area (Å²) in [4.78, 5) is 0. The Morgan fingerprint density at radius 1 is 0.604 bits per heavy atom.